The molecule has 0 spiro atoms. The number of benzene rings is 2. The Balaban J connectivity index is 1.27. The largest absolute Gasteiger partial charge is 0.497 e. The molecule has 2 atom stereocenters. The number of carbonyl (C=O) groups excluding carboxylic acids is 2. The molecular formula is C42H52N6O3S. The van der Waals surface area contributed by atoms with Gasteiger partial charge in [-0.2, -0.15) is 5.10 Å². The SMILES string of the molecule is COc1ccc2c(c1)C=C(c1c(C(=O)N3C[C@@H](C)N(C)[C@@H](C)C3)cnn1C)Cn1c-2c(C2CCCCC2)c2ccc(C(=O)NSC3CCCC3)cc21. The van der Waals surface area contributed by atoms with Crippen molar-refractivity contribution in [3.63, 3.8) is 0 Å². The average Bonchev–Trinajstić information content (AvgIpc) is 3.87. The van der Waals surface area contributed by atoms with Crippen LogP contribution in [-0.2, 0) is 13.6 Å². The van der Waals surface area contributed by atoms with E-state index in [1.165, 1.54) is 48.7 Å². The number of likely N-dealkylation sites (N-methyl/N-ethyl adjacent to an activating group) is 1. The Morgan fingerprint density at radius 3 is 2.37 bits per heavy atom. The maximum absolute atomic E-state index is 14.4. The first-order valence-corrected chi connectivity index (χ1v) is 20.1. The highest BCUT2D eigenvalue weighted by Crippen LogP contribution is 2.48. The lowest BCUT2D eigenvalue weighted by atomic mass is 9.81. The molecule has 0 radical (unpaired) electrons. The fourth-order valence-corrected chi connectivity index (χ4v) is 10.2. The van der Waals surface area contributed by atoms with Crippen molar-refractivity contribution < 1.29 is 14.3 Å². The molecule has 2 aliphatic heterocycles. The molecule has 3 fully saturated rings. The minimum Gasteiger partial charge on any atom is -0.497 e. The number of fused-ring (bicyclic) bond motifs is 5. The number of hydrogen-bond acceptors (Lipinski definition) is 6. The number of methoxy groups -OCH3 is 1. The van der Waals surface area contributed by atoms with Crippen LogP contribution in [0.2, 0.25) is 0 Å². The van der Waals surface area contributed by atoms with Crippen molar-refractivity contribution in [2.75, 3.05) is 27.2 Å². The van der Waals surface area contributed by atoms with Gasteiger partial charge in [-0.05, 0) is 118 Å². The van der Waals surface area contributed by atoms with E-state index in [0.29, 0.717) is 41.9 Å². The molecule has 2 aliphatic carbocycles. The maximum Gasteiger partial charge on any atom is 0.261 e. The second-order valence-electron chi connectivity index (χ2n) is 15.6. The molecule has 274 valence electrons. The number of carbonyl (C=O) groups is 2. The number of nitrogens with zero attached hydrogens (tertiary/aromatic N) is 5. The highest BCUT2D eigenvalue weighted by atomic mass is 32.2. The minimum atomic E-state index is -0.0433. The van der Waals surface area contributed by atoms with E-state index < -0.39 is 0 Å². The molecule has 4 aliphatic rings. The molecule has 10 heteroatoms. The third-order valence-corrected chi connectivity index (χ3v) is 13.4. The van der Waals surface area contributed by atoms with E-state index in [4.69, 9.17) is 9.84 Å². The summed E-state index contributed by atoms with van der Waals surface area (Å²) in [5.41, 5.74) is 8.98. The molecule has 2 aromatic heterocycles. The standard InChI is InChI=1S/C42H52N6O3S/c1-26-23-47(24-27(2)45(26)3)42(50)36-22-43-46(4)39(36)31-19-30-20-32(51-5)16-18-34(30)40-38(28-11-7-6-8-12-28)35-17-15-29(21-37(35)48(40)25-31)41(49)44-52-33-13-9-10-14-33/h15-22,26-28,33H,6-14,23-25H2,1-5H3,(H,44,49)/t26-,27+. The maximum atomic E-state index is 14.4. The van der Waals surface area contributed by atoms with Crippen LogP contribution in [0, 0.1) is 0 Å². The van der Waals surface area contributed by atoms with Gasteiger partial charge in [-0.3, -0.25) is 23.9 Å². The molecule has 0 bridgehead atoms. The van der Waals surface area contributed by atoms with Crippen LogP contribution in [0.5, 0.6) is 5.75 Å². The number of allylic oxidation sites excluding steroid dienone is 1. The van der Waals surface area contributed by atoms with Crippen LogP contribution < -0.4 is 9.46 Å². The molecule has 4 heterocycles. The number of amides is 2. The van der Waals surface area contributed by atoms with E-state index in [-0.39, 0.29) is 23.9 Å². The van der Waals surface area contributed by atoms with Gasteiger partial charge in [0.25, 0.3) is 11.8 Å². The van der Waals surface area contributed by atoms with Crippen LogP contribution in [0.15, 0.2) is 42.6 Å². The predicted molar refractivity (Wildman–Crippen MR) is 211 cm³/mol. The molecule has 8 rings (SSSR count). The van der Waals surface area contributed by atoms with Crippen LogP contribution in [0.25, 0.3) is 33.8 Å². The first-order chi connectivity index (χ1) is 25.2. The highest BCUT2D eigenvalue weighted by molar-refractivity contribution is 7.98. The molecule has 2 saturated carbocycles. The molecule has 2 amide bonds. The molecule has 9 nitrogen and oxygen atoms in total. The zero-order valence-electron chi connectivity index (χ0n) is 31.3. The summed E-state index contributed by atoms with van der Waals surface area (Å²) in [5.74, 6) is 1.19. The number of hydrogen-bond donors (Lipinski definition) is 1. The lowest BCUT2D eigenvalue weighted by molar-refractivity contribution is 0.0414. The van der Waals surface area contributed by atoms with Gasteiger partial charge in [0.1, 0.15) is 5.75 Å². The van der Waals surface area contributed by atoms with E-state index >= 15 is 0 Å². The summed E-state index contributed by atoms with van der Waals surface area (Å²) in [5, 5.41) is 6.40. The summed E-state index contributed by atoms with van der Waals surface area (Å²) in [6, 6.07) is 13.2. The van der Waals surface area contributed by atoms with Crippen LogP contribution in [0.3, 0.4) is 0 Å². The van der Waals surface area contributed by atoms with Crippen LogP contribution in [0.1, 0.15) is 115 Å². The number of nitrogens with one attached hydrogen (secondary N) is 1. The van der Waals surface area contributed by atoms with Crippen molar-refractivity contribution in [2.45, 2.75) is 101 Å². The van der Waals surface area contributed by atoms with Gasteiger partial charge < -0.3 is 14.2 Å². The van der Waals surface area contributed by atoms with Crippen molar-refractivity contribution in [1.82, 2.24) is 28.9 Å². The number of rotatable bonds is 7. The molecule has 2 aromatic carbocycles. The smallest absolute Gasteiger partial charge is 0.261 e. The monoisotopic (exact) mass is 720 g/mol. The predicted octanol–water partition coefficient (Wildman–Crippen LogP) is 8.14. The second kappa shape index (κ2) is 14.4. The molecule has 52 heavy (non-hydrogen) atoms. The first-order valence-electron chi connectivity index (χ1n) is 19.3. The van der Waals surface area contributed by atoms with Gasteiger partial charge >= 0.3 is 0 Å². The second-order valence-corrected chi connectivity index (χ2v) is 16.7. The average molecular weight is 721 g/mol. The van der Waals surface area contributed by atoms with Gasteiger partial charge in [0.15, 0.2) is 0 Å². The van der Waals surface area contributed by atoms with Gasteiger partial charge in [-0.15, -0.1) is 0 Å². The summed E-state index contributed by atoms with van der Waals surface area (Å²) in [4.78, 5) is 32.4. The zero-order chi connectivity index (χ0) is 36.1. The summed E-state index contributed by atoms with van der Waals surface area (Å²) >= 11 is 1.59. The minimum absolute atomic E-state index is 0.0186. The van der Waals surface area contributed by atoms with Gasteiger partial charge in [-0.25, -0.2) is 0 Å². The fourth-order valence-electron chi connectivity index (χ4n) is 9.24. The summed E-state index contributed by atoms with van der Waals surface area (Å²) < 4.78 is 13.2. The molecule has 1 N–H and O–H groups in total. The van der Waals surface area contributed by atoms with Crippen LogP contribution in [-0.4, -0.2) is 80.5 Å². The third kappa shape index (κ3) is 6.36. The van der Waals surface area contributed by atoms with Gasteiger partial charge in [0.2, 0.25) is 0 Å². The number of aromatic nitrogens is 3. The van der Waals surface area contributed by atoms with E-state index in [1.54, 1.807) is 25.3 Å². The lowest BCUT2D eigenvalue weighted by Crippen LogP contribution is -2.56. The lowest BCUT2D eigenvalue weighted by Gasteiger charge is -2.42. The molecular weight excluding hydrogens is 669 g/mol. The Hall–Kier alpha value is -4.02. The number of ether oxygens (including phenoxy) is 1. The van der Waals surface area contributed by atoms with Crippen molar-refractivity contribution >= 4 is 46.3 Å². The third-order valence-electron chi connectivity index (χ3n) is 12.3. The Morgan fingerprint density at radius 1 is 0.904 bits per heavy atom. The van der Waals surface area contributed by atoms with Gasteiger partial charge in [-0.1, -0.05) is 38.2 Å². The molecule has 1 saturated heterocycles. The van der Waals surface area contributed by atoms with E-state index in [1.807, 2.05) is 22.7 Å². The van der Waals surface area contributed by atoms with E-state index in [0.717, 1.165) is 59.3 Å². The summed E-state index contributed by atoms with van der Waals surface area (Å²) in [7, 11) is 5.78. The quantitative estimate of drug-likeness (QED) is 0.194. The van der Waals surface area contributed by atoms with Crippen molar-refractivity contribution in [3.8, 4) is 17.0 Å². The molecule has 4 aromatic rings. The highest BCUT2D eigenvalue weighted by Gasteiger charge is 2.34. The Labute approximate surface area is 311 Å². The number of aryl methyl sites for hydroxylation is 1. The van der Waals surface area contributed by atoms with E-state index in [9.17, 15) is 9.59 Å². The van der Waals surface area contributed by atoms with Crippen molar-refractivity contribution in [2.24, 2.45) is 7.05 Å². The van der Waals surface area contributed by atoms with E-state index in [2.05, 4.69) is 71.5 Å². The van der Waals surface area contributed by atoms with Crippen molar-refractivity contribution in [1.29, 1.82) is 0 Å². The fraction of sp³-hybridized carbons (Fsp3) is 0.500. The topological polar surface area (TPSA) is 84.6 Å². The van der Waals surface area contributed by atoms with Gasteiger partial charge in [0.05, 0.1) is 36.8 Å². The zero-order valence-corrected chi connectivity index (χ0v) is 32.1. The number of piperazine rings is 1. The normalized spacial score (nSPS) is 21.5. The van der Waals surface area contributed by atoms with Crippen LogP contribution in [0.4, 0.5) is 0 Å². The first kappa shape index (κ1) is 35.0. The Kier molecular flexibility index (Phi) is 9.72. The van der Waals surface area contributed by atoms with Gasteiger partial charge in [0, 0.05) is 59.5 Å². The van der Waals surface area contributed by atoms with Crippen molar-refractivity contribution in [3.05, 3.63) is 70.5 Å². The Morgan fingerprint density at radius 2 is 1.63 bits per heavy atom. The molecule has 0 unspecified atom stereocenters. The Bertz CT molecular complexity index is 2020. The summed E-state index contributed by atoms with van der Waals surface area (Å²) in [6.45, 7) is 6.25. The summed E-state index contributed by atoms with van der Waals surface area (Å²) in [6.07, 6.45) is 14.8. The van der Waals surface area contributed by atoms with Crippen LogP contribution >= 0.6 is 11.9 Å².